The fourth-order valence-electron chi connectivity index (χ4n) is 1.78. The lowest BCUT2D eigenvalue weighted by molar-refractivity contribution is -0.140. The minimum Gasteiger partial charge on any atom is -0.477 e. The first-order valence-corrected chi connectivity index (χ1v) is 6.99. The summed E-state index contributed by atoms with van der Waals surface area (Å²) in [6, 6.07) is 3.22. The fraction of sp³-hybridized carbons (Fsp3) is 0.375. The van der Waals surface area contributed by atoms with Gasteiger partial charge in [0.05, 0.1) is 0 Å². The lowest BCUT2D eigenvalue weighted by Crippen LogP contribution is -2.10. The molecule has 114 valence electrons. The number of carboxylic acid groups (broad SMARTS) is 2. The van der Waals surface area contributed by atoms with Crippen LogP contribution in [0.15, 0.2) is 28.2 Å². The van der Waals surface area contributed by atoms with Crippen LogP contribution in [0, 0.1) is 0 Å². The Labute approximate surface area is 123 Å². The molecule has 0 saturated carbocycles. The first-order valence-electron chi connectivity index (χ1n) is 6.99. The SMILES string of the molecule is CCCCCC/C=C\c1ccc(C=C(C(=O)O)C(=O)O)o1. The van der Waals surface area contributed by atoms with Gasteiger partial charge in [0.2, 0.25) is 0 Å². The van der Waals surface area contributed by atoms with E-state index >= 15 is 0 Å². The van der Waals surface area contributed by atoms with E-state index in [2.05, 4.69) is 6.92 Å². The number of carbonyl (C=O) groups is 2. The van der Waals surface area contributed by atoms with Crippen LogP contribution >= 0.6 is 0 Å². The van der Waals surface area contributed by atoms with E-state index in [4.69, 9.17) is 14.6 Å². The number of allylic oxidation sites excluding steroid dienone is 1. The van der Waals surface area contributed by atoms with Crippen LogP contribution in [0.4, 0.5) is 0 Å². The maximum absolute atomic E-state index is 10.7. The van der Waals surface area contributed by atoms with Crippen LogP contribution in [-0.2, 0) is 9.59 Å². The van der Waals surface area contributed by atoms with Gasteiger partial charge in [-0.2, -0.15) is 0 Å². The molecule has 0 bridgehead atoms. The van der Waals surface area contributed by atoms with Crippen LogP contribution in [0.3, 0.4) is 0 Å². The van der Waals surface area contributed by atoms with Gasteiger partial charge in [-0.3, -0.25) is 0 Å². The molecule has 2 N–H and O–H groups in total. The maximum atomic E-state index is 10.7. The fourth-order valence-corrected chi connectivity index (χ4v) is 1.78. The minimum atomic E-state index is -1.49. The summed E-state index contributed by atoms with van der Waals surface area (Å²) in [5, 5.41) is 17.5. The molecule has 0 unspecified atom stereocenters. The van der Waals surface area contributed by atoms with Gasteiger partial charge in [0.25, 0.3) is 0 Å². The third-order valence-corrected chi connectivity index (χ3v) is 2.90. The molecule has 1 aromatic rings. The molecular formula is C16H20O5. The van der Waals surface area contributed by atoms with Gasteiger partial charge in [0, 0.05) is 6.08 Å². The van der Waals surface area contributed by atoms with E-state index in [1.165, 1.54) is 19.3 Å². The average molecular weight is 292 g/mol. The Morgan fingerprint density at radius 1 is 1.10 bits per heavy atom. The zero-order valence-corrected chi connectivity index (χ0v) is 12.0. The molecule has 5 nitrogen and oxygen atoms in total. The van der Waals surface area contributed by atoms with Gasteiger partial charge >= 0.3 is 11.9 Å². The molecule has 0 radical (unpaired) electrons. The van der Waals surface area contributed by atoms with Crippen LogP contribution in [0.5, 0.6) is 0 Å². The van der Waals surface area contributed by atoms with E-state index in [9.17, 15) is 9.59 Å². The van der Waals surface area contributed by atoms with Gasteiger partial charge in [-0.15, -0.1) is 0 Å². The molecule has 0 atom stereocenters. The number of unbranched alkanes of at least 4 members (excludes halogenated alkanes) is 4. The van der Waals surface area contributed by atoms with Crippen molar-refractivity contribution in [1.82, 2.24) is 0 Å². The Morgan fingerprint density at radius 2 is 1.76 bits per heavy atom. The Balaban J connectivity index is 2.60. The lowest BCUT2D eigenvalue weighted by Gasteiger charge is -1.94. The highest BCUT2D eigenvalue weighted by molar-refractivity contribution is 6.16. The van der Waals surface area contributed by atoms with Gasteiger partial charge in [-0.25, -0.2) is 9.59 Å². The third kappa shape index (κ3) is 6.12. The van der Waals surface area contributed by atoms with Crippen molar-refractivity contribution in [3.05, 3.63) is 35.3 Å². The molecule has 1 aromatic heterocycles. The molecule has 1 heterocycles. The molecule has 0 aliphatic carbocycles. The van der Waals surface area contributed by atoms with Crippen molar-refractivity contribution in [2.45, 2.75) is 39.0 Å². The molecule has 0 aliphatic heterocycles. The highest BCUT2D eigenvalue weighted by atomic mass is 16.4. The minimum absolute atomic E-state index is 0.209. The van der Waals surface area contributed by atoms with Crippen LogP contribution < -0.4 is 0 Å². The molecule has 1 rings (SSSR count). The van der Waals surface area contributed by atoms with E-state index in [1.807, 2.05) is 12.2 Å². The van der Waals surface area contributed by atoms with E-state index < -0.39 is 17.5 Å². The third-order valence-electron chi connectivity index (χ3n) is 2.90. The summed E-state index contributed by atoms with van der Waals surface area (Å²) in [7, 11) is 0. The van der Waals surface area contributed by atoms with Gasteiger partial charge in [-0.05, 0) is 31.1 Å². The zero-order chi connectivity index (χ0) is 15.7. The van der Waals surface area contributed by atoms with Crippen molar-refractivity contribution in [3.63, 3.8) is 0 Å². The lowest BCUT2D eigenvalue weighted by atomic mass is 10.1. The van der Waals surface area contributed by atoms with E-state index in [-0.39, 0.29) is 5.76 Å². The topological polar surface area (TPSA) is 87.7 Å². The normalized spacial score (nSPS) is 10.7. The second kappa shape index (κ2) is 8.79. The monoisotopic (exact) mass is 292 g/mol. The summed E-state index contributed by atoms with van der Waals surface area (Å²) < 4.78 is 5.35. The quantitative estimate of drug-likeness (QED) is 0.313. The van der Waals surface area contributed by atoms with Crippen molar-refractivity contribution < 1.29 is 24.2 Å². The average Bonchev–Trinajstić information content (AvgIpc) is 2.87. The molecule has 5 heteroatoms. The number of hydrogen-bond donors (Lipinski definition) is 2. The molecule has 21 heavy (non-hydrogen) atoms. The van der Waals surface area contributed by atoms with Crippen LogP contribution in [0.2, 0.25) is 0 Å². The largest absolute Gasteiger partial charge is 0.477 e. The first kappa shape index (κ1) is 16.8. The number of hydrogen-bond acceptors (Lipinski definition) is 3. The van der Waals surface area contributed by atoms with Crippen LogP contribution in [0.25, 0.3) is 12.2 Å². The van der Waals surface area contributed by atoms with E-state index in [1.54, 1.807) is 12.1 Å². The van der Waals surface area contributed by atoms with Gasteiger partial charge in [-0.1, -0.05) is 32.3 Å². The molecule has 0 fully saturated rings. The van der Waals surface area contributed by atoms with Crippen LogP contribution in [0.1, 0.15) is 50.5 Å². The summed E-state index contributed by atoms with van der Waals surface area (Å²) in [6.45, 7) is 2.16. The van der Waals surface area contributed by atoms with Gasteiger partial charge in [0.15, 0.2) is 0 Å². The molecule has 0 saturated heterocycles. The predicted octanol–water partition coefficient (Wildman–Crippen LogP) is 3.82. The first-order chi connectivity index (χ1) is 10.0. The van der Waals surface area contributed by atoms with Crippen molar-refractivity contribution in [1.29, 1.82) is 0 Å². The van der Waals surface area contributed by atoms with Gasteiger partial charge in [0.1, 0.15) is 17.1 Å². The molecular weight excluding hydrogens is 272 g/mol. The Hall–Kier alpha value is -2.30. The Kier molecular flexibility index (Phi) is 7.01. The molecule has 0 aliphatic rings. The van der Waals surface area contributed by atoms with Crippen molar-refractivity contribution >= 4 is 24.1 Å². The second-order valence-corrected chi connectivity index (χ2v) is 4.66. The highest BCUT2D eigenvalue weighted by Crippen LogP contribution is 2.14. The smallest absolute Gasteiger partial charge is 0.343 e. The Bertz CT molecular complexity index is 521. The van der Waals surface area contributed by atoms with Crippen molar-refractivity contribution in [2.75, 3.05) is 0 Å². The number of furan rings is 1. The summed E-state index contributed by atoms with van der Waals surface area (Å²) >= 11 is 0. The zero-order valence-electron chi connectivity index (χ0n) is 12.0. The summed E-state index contributed by atoms with van der Waals surface area (Å²) in [6.07, 6.45) is 10.5. The number of rotatable bonds is 9. The summed E-state index contributed by atoms with van der Waals surface area (Å²) in [5.74, 6) is -2.20. The maximum Gasteiger partial charge on any atom is 0.343 e. The molecule has 0 aromatic carbocycles. The molecule has 0 amide bonds. The Morgan fingerprint density at radius 3 is 2.38 bits per heavy atom. The van der Waals surface area contributed by atoms with Crippen LogP contribution in [-0.4, -0.2) is 22.2 Å². The summed E-state index contributed by atoms with van der Waals surface area (Å²) in [5.41, 5.74) is -0.723. The van der Waals surface area contributed by atoms with Crippen molar-refractivity contribution in [3.8, 4) is 0 Å². The standard InChI is InChI=1S/C16H20O5/c1-2-3-4-5-6-7-8-12-9-10-13(21-12)11-14(15(17)18)16(19)20/h7-11H,2-6H2,1H3,(H,17,18)(H,19,20)/b8-7-. The van der Waals surface area contributed by atoms with E-state index in [0.717, 1.165) is 18.9 Å². The predicted molar refractivity (Wildman–Crippen MR) is 79.7 cm³/mol. The highest BCUT2D eigenvalue weighted by Gasteiger charge is 2.16. The summed E-state index contributed by atoms with van der Waals surface area (Å²) in [4.78, 5) is 21.5. The van der Waals surface area contributed by atoms with E-state index in [0.29, 0.717) is 5.76 Å². The van der Waals surface area contributed by atoms with Crippen molar-refractivity contribution in [2.24, 2.45) is 0 Å². The van der Waals surface area contributed by atoms with Gasteiger partial charge < -0.3 is 14.6 Å². The number of aliphatic carboxylic acids is 2. The molecule has 0 spiro atoms. The number of carboxylic acids is 2. The second-order valence-electron chi connectivity index (χ2n) is 4.66.